The molecule has 0 spiro atoms. The van der Waals surface area contributed by atoms with Gasteiger partial charge in [-0.15, -0.1) is 0 Å². The van der Waals surface area contributed by atoms with Crippen LogP contribution in [0.2, 0.25) is 0 Å². The minimum absolute atomic E-state index is 0.00209. The van der Waals surface area contributed by atoms with Crippen molar-refractivity contribution in [1.29, 1.82) is 0 Å². The summed E-state index contributed by atoms with van der Waals surface area (Å²) in [7, 11) is 0. The molecule has 0 aromatic rings. The fourth-order valence-electron chi connectivity index (χ4n) is 2.39. The maximum Gasteiger partial charge on any atom is 0.330 e. The number of allylic oxidation sites excluding steroid dienone is 4. The Labute approximate surface area is 166 Å². The highest BCUT2D eigenvalue weighted by atomic mass is 16.5. The Bertz CT molecular complexity index is 564. The van der Waals surface area contributed by atoms with E-state index < -0.39 is 36.2 Å². The van der Waals surface area contributed by atoms with E-state index in [2.05, 4.69) is 6.58 Å². The maximum atomic E-state index is 12.7. The van der Waals surface area contributed by atoms with Crippen LogP contribution in [0.25, 0.3) is 0 Å². The van der Waals surface area contributed by atoms with E-state index in [1.165, 1.54) is 6.08 Å². The van der Waals surface area contributed by atoms with Gasteiger partial charge in [-0.2, -0.15) is 0 Å². The number of amides is 2. The van der Waals surface area contributed by atoms with E-state index in [1.807, 2.05) is 38.2 Å². The fourth-order valence-corrected chi connectivity index (χ4v) is 2.39. The number of esters is 1. The molecule has 156 valence electrons. The van der Waals surface area contributed by atoms with Gasteiger partial charge < -0.3 is 9.84 Å². The van der Waals surface area contributed by atoms with Crippen LogP contribution in [0.4, 0.5) is 0 Å². The highest BCUT2D eigenvalue weighted by molar-refractivity contribution is 6.00. The Morgan fingerprint density at radius 1 is 0.964 bits per heavy atom. The molecule has 0 heterocycles. The lowest BCUT2D eigenvalue weighted by Crippen LogP contribution is -2.50. The number of carbonyl (C=O) groups is 4. The summed E-state index contributed by atoms with van der Waals surface area (Å²) < 4.78 is 4.93. The van der Waals surface area contributed by atoms with E-state index in [1.54, 1.807) is 0 Å². The van der Waals surface area contributed by atoms with Crippen LogP contribution < -0.4 is 0 Å². The molecule has 0 aliphatic rings. The van der Waals surface area contributed by atoms with Crippen LogP contribution in [0.5, 0.6) is 0 Å². The molecule has 0 aromatic heterocycles. The Morgan fingerprint density at radius 2 is 1.46 bits per heavy atom. The molecule has 0 aliphatic heterocycles. The first-order chi connectivity index (χ1) is 13.4. The quantitative estimate of drug-likeness (QED) is 0.358. The number of carbonyl (C=O) groups excluding carboxylic acids is 3. The molecule has 0 saturated carbocycles. The summed E-state index contributed by atoms with van der Waals surface area (Å²) >= 11 is 0. The van der Waals surface area contributed by atoms with Gasteiger partial charge in [0.1, 0.15) is 12.6 Å². The van der Waals surface area contributed by atoms with Crippen molar-refractivity contribution in [2.45, 2.75) is 64.8 Å². The SMILES string of the molecule is C=CCOC(=O)C(CC(=O)O)N(C(=O)CC/C=C/CC)C(=O)CC/C=C/CC. The lowest BCUT2D eigenvalue weighted by Gasteiger charge is -2.27. The second kappa shape index (κ2) is 15.4. The number of carboxylic acid groups (broad SMARTS) is 1. The monoisotopic (exact) mass is 393 g/mol. The Hall–Kier alpha value is -2.70. The van der Waals surface area contributed by atoms with Crippen molar-refractivity contribution in [2.24, 2.45) is 0 Å². The third-order valence-corrected chi connectivity index (χ3v) is 3.69. The first-order valence-electron chi connectivity index (χ1n) is 9.53. The zero-order valence-corrected chi connectivity index (χ0v) is 16.8. The normalized spacial score (nSPS) is 12.1. The molecule has 0 bridgehead atoms. The molecular formula is C21H31NO6. The van der Waals surface area contributed by atoms with Crippen LogP contribution in [-0.4, -0.2) is 46.4 Å². The zero-order chi connectivity index (χ0) is 21.4. The van der Waals surface area contributed by atoms with Gasteiger partial charge in [0, 0.05) is 12.8 Å². The van der Waals surface area contributed by atoms with E-state index in [4.69, 9.17) is 9.84 Å². The molecule has 0 saturated heterocycles. The molecule has 0 aromatic carbocycles. The minimum atomic E-state index is -1.50. The molecule has 0 rings (SSSR count). The number of nitrogens with zero attached hydrogens (tertiary/aromatic N) is 1. The average molecular weight is 393 g/mol. The smallest absolute Gasteiger partial charge is 0.330 e. The van der Waals surface area contributed by atoms with Crippen LogP contribution >= 0.6 is 0 Å². The van der Waals surface area contributed by atoms with E-state index in [0.717, 1.165) is 17.7 Å². The number of hydrogen-bond donors (Lipinski definition) is 1. The Balaban J connectivity index is 5.52. The van der Waals surface area contributed by atoms with Gasteiger partial charge in [-0.25, -0.2) is 4.79 Å². The number of imide groups is 1. The third-order valence-electron chi connectivity index (χ3n) is 3.69. The van der Waals surface area contributed by atoms with Crippen LogP contribution in [0.1, 0.15) is 58.8 Å². The largest absolute Gasteiger partial charge is 0.481 e. The van der Waals surface area contributed by atoms with Gasteiger partial charge in [0.25, 0.3) is 0 Å². The second-order valence-electron chi connectivity index (χ2n) is 6.03. The molecule has 1 unspecified atom stereocenters. The predicted octanol–water partition coefficient (Wildman–Crippen LogP) is 3.41. The molecule has 7 nitrogen and oxygen atoms in total. The highest BCUT2D eigenvalue weighted by Crippen LogP contribution is 2.14. The van der Waals surface area contributed by atoms with Gasteiger partial charge in [-0.1, -0.05) is 50.8 Å². The van der Waals surface area contributed by atoms with Crippen LogP contribution in [0.15, 0.2) is 37.0 Å². The number of ether oxygens (including phenoxy) is 1. The zero-order valence-electron chi connectivity index (χ0n) is 16.8. The fraction of sp³-hybridized carbons (Fsp3) is 0.524. The predicted molar refractivity (Wildman–Crippen MR) is 106 cm³/mol. The summed E-state index contributed by atoms with van der Waals surface area (Å²) in [5, 5.41) is 9.16. The van der Waals surface area contributed by atoms with Gasteiger partial charge in [-0.3, -0.25) is 19.3 Å². The lowest BCUT2D eigenvalue weighted by atomic mass is 10.1. The van der Waals surface area contributed by atoms with E-state index in [-0.39, 0.29) is 19.4 Å². The average Bonchev–Trinajstić information content (AvgIpc) is 2.65. The van der Waals surface area contributed by atoms with Gasteiger partial charge in [0.05, 0.1) is 6.42 Å². The number of aliphatic carboxylic acids is 1. The molecule has 0 aliphatic carbocycles. The van der Waals surface area contributed by atoms with Crippen molar-refractivity contribution in [3.8, 4) is 0 Å². The van der Waals surface area contributed by atoms with Gasteiger partial charge in [0.15, 0.2) is 0 Å². The van der Waals surface area contributed by atoms with Gasteiger partial charge >= 0.3 is 11.9 Å². The standard InChI is InChI=1S/C21H31NO6/c1-4-7-9-11-13-18(23)22(19(24)14-12-10-8-5-2)17(16-20(25)26)21(27)28-15-6-3/h6-10,17H,3-5,11-16H2,1-2H3,(H,25,26)/b9-7+,10-8+. The molecule has 1 N–H and O–H groups in total. The van der Waals surface area contributed by atoms with Crippen molar-refractivity contribution in [2.75, 3.05) is 6.61 Å². The Morgan fingerprint density at radius 3 is 1.86 bits per heavy atom. The van der Waals surface area contributed by atoms with Crippen LogP contribution in [0, 0.1) is 0 Å². The maximum absolute atomic E-state index is 12.7. The molecular weight excluding hydrogens is 362 g/mol. The number of rotatable bonds is 14. The summed E-state index contributed by atoms with van der Waals surface area (Å²) in [4.78, 5) is 49.7. The van der Waals surface area contributed by atoms with Crippen molar-refractivity contribution in [3.05, 3.63) is 37.0 Å². The third kappa shape index (κ3) is 10.4. The molecule has 2 amide bonds. The van der Waals surface area contributed by atoms with Gasteiger partial charge in [-0.05, 0) is 25.7 Å². The molecule has 0 fully saturated rings. The van der Waals surface area contributed by atoms with Gasteiger partial charge in [0.2, 0.25) is 11.8 Å². The van der Waals surface area contributed by atoms with Crippen molar-refractivity contribution in [1.82, 2.24) is 4.90 Å². The summed E-state index contributed by atoms with van der Waals surface area (Å²) in [5.41, 5.74) is 0. The van der Waals surface area contributed by atoms with E-state index in [0.29, 0.717) is 12.8 Å². The summed E-state index contributed by atoms with van der Waals surface area (Å²) in [6, 6.07) is -1.50. The summed E-state index contributed by atoms with van der Waals surface area (Å²) in [5.74, 6) is -3.42. The number of hydrogen-bond acceptors (Lipinski definition) is 5. The summed E-state index contributed by atoms with van der Waals surface area (Å²) in [6.45, 7) is 7.20. The Kier molecular flexibility index (Phi) is 13.9. The molecule has 0 radical (unpaired) electrons. The first-order valence-corrected chi connectivity index (χ1v) is 9.53. The molecule has 28 heavy (non-hydrogen) atoms. The van der Waals surface area contributed by atoms with Crippen molar-refractivity contribution >= 4 is 23.8 Å². The highest BCUT2D eigenvalue weighted by Gasteiger charge is 2.36. The van der Waals surface area contributed by atoms with Crippen LogP contribution in [0.3, 0.4) is 0 Å². The van der Waals surface area contributed by atoms with Crippen molar-refractivity contribution in [3.63, 3.8) is 0 Å². The summed E-state index contributed by atoms with van der Waals surface area (Å²) in [6.07, 6.45) is 10.4. The molecule has 1 atom stereocenters. The first kappa shape index (κ1) is 25.3. The van der Waals surface area contributed by atoms with E-state index >= 15 is 0 Å². The van der Waals surface area contributed by atoms with Crippen LogP contribution in [-0.2, 0) is 23.9 Å². The lowest BCUT2D eigenvalue weighted by molar-refractivity contribution is -0.163. The second-order valence-corrected chi connectivity index (χ2v) is 6.03. The van der Waals surface area contributed by atoms with E-state index in [9.17, 15) is 19.2 Å². The topological polar surface area (TPSA) is 101 Å². The number of carboxylic acids is 1. The van der Waals surface area contributed by atoms with Crippen molar-refractivity contribution < 1.29 is 29.0 Å². The minimum Gasteiger partial charge on any atom is -0.481 e. The molecule has 7 heteroatoms.